The Balaban J connectivity index is 1.64. The molecule has 24 heavy (non-hydrogen) atoms. The highest BCUT2D eigenvalue weighted by molar-refractivity contribution is 6.12. The molecule has 4 aliphatic rings. The summed E-state index contributed by atoms with van der Waals surface area (Å²) in [6, 6.07) is 2.35. The predicted octanol–water partition coefficient (Wildman–Crippen LogP) is 3.99. The van der Waals surface area contributed by atoms with Gasteiger partial charge in [0.15, 0.2) is 0 Å². The molecule has 3 heterocycles. The Morgan fingerprint density at radius 3 is 2.92 bits per heavy atom. The van der Waals surface area contributed by atoms with Crippen LogP contribution in [0.3, 0.4) is 0 Å². The van der Waals surface area contributed by atoms with Crippen LogP contribution in [0.15, 0.2) is 41.2 Å². The van der Waals surface area contributed by atoms with Gasteiger partial charge in [-0.25, -0.2) is 0 Å². The third kappa shape index (κ3) is 2.04. The molecule has 0 bridgehead atoms. The predicted molar refractivity (Wildman–Crippen MR) is 99.9 cm³/mol. The summed E-state index contributed by atoms with van der Waals surface area (Å²) < 4.78 is 2.39. The highest BCUT2D eigenvalue weighted by atomic mass is 15.1. The maximum atomic E-state index is 4.94. The lowest BCUT2D eigenvalue weighted by Gasteiger charge is -2.41. The molecule has 2 aliphatic heterocycles. The average molecular weight is 319 g/mol. The van der Waals surface area contributed by atoms with Crippen LogP contribution in [-0.2, 0) is 6.42 Å². The Morgan fingerprint density at radius 1 is 1.25 bits per heavy atom. The number of fused-ring (bicyclic) bond motifs is 1. The molecule has 1 aromatic heterocycles. The normalized spacial score (nSPS) is 27.8. The molecule has 1 fully saturated rings. The second-order valence-corrected chi connectivity index (χ2v) is 8.07. The summed E-state index contributed by atoms with van der Waals surface area (Å²) in [5.74, 6) is 0.498. The van der Waals surface area contributed by atoms with E-state index in [1.807, 2.05) is 0 Å². The molecule has 5 rings (SSSR count). The molecule has 0 amide bonds. The van der Waals surface area contributed by atoms with Gasteiger partial charge in [-0.3, -0.25) is 4.99 Å². The van der Waals surface area contributed by atoms with Crippen molar-refractivity contribution in [3.8, 4) is 0 Å². The standard InChI is InChI=1S/C21H25N3/c1-15-4-3-5-18-19(15)22-14-17-13-21(7-10-23(2)11-8-21)12-16-6-9-24(18)20(16)17/h3,5-6,9,13-15H,4,7-8,10-12H2,1-2H3. The van der Waals surface area contributed by atoms with Crippen LogP contribution in [0.1, 0.15) is 37.4 Å². The lowest BCUT2D eigenvalue weighted by molar-refractivity contribution is 0.163. The number of aliphatic imine (C=N–C) groups is 1. The quantitative estimate of drug-likeness (QED) is 0.708. The molecule has 1 unspecified atom stereocenters. The van der Waals surface area contributed by atoms with Crippen LogP contribution in [0.5, 0.6) is 0 Å². The number of hydrogen-bond donors (Lipinski definition) is 0. The van der Waals surface area contributed by atoms with Crippen LogP contribution in [0.2, 0.25) is 0 Å². The fourth-order valence-corrected chi connectivity index (χ4v) is 4.82. The van der Waals surface area contributed by atoms with Gasteiger partial charge < -0.3 is 9.47 Å². The first-order chi connectivity index (χ1) is 11.7. The highest BCUT2D eigenvalue weighted by Crippen LogP contribution is 2.46. The average Bonchev–Trinajstić information content (AvgIpc) is 2.92. The molecular weight excluding hydrogens is 294 g/mol. The third-order valence-corrected chi connectivity index (χ3v) is 6.33. The van der Waals surface area contributed by atoms with Crippen LogP contribution in [0, 0.1) is 11.3 Å². The van der Waals surface area contributed by atoms with E-state index >= 15 is 0 Å². The summed E-state index contributed by atoms with van der Waals surface area (Å²) >= 11 is 0. The van der Waals surface area contributed by atoms with E-state index in [-0.39, 0.29) is 0 Å². The topological polar surface area (TPSA) is 20.5 Å². The van der Waals surface area contributed by atoms with Gasteiger partial charge in [-0.05, 0) is 68.9 Å². The number of nitrogens with zero attached hydrogens (tertiary/aromatic N) is 3. The largest absolute Gasteiger partial charge is 0.314 e. The Morgan fingerprint density at radius 2 is 2.08 bits per heavy atom. The fourth-order valence-electron chi connectivity index (χ4n) is 4.82. The summed E-state index contributed by atoms with van der Waals surface area (Å²) in [6.45, 7) is 4.68. The van der Waals surface area contributed by atoms with Gasteiger partial charge in [0.1, 0.15) is 0 Å². The van der Waals surface area contributed by atoms with Crippen LogP contribution >= 0.6 is 0 Å². The molecular formula is C21H25N3. The minimum atomic E-state index is 0.333. The van der Waals surface area contributed by atoms with Crippen molar-refractivity contribution in [3.05, 3.63) is 47.4 Å². The molecule has 0 radical (unpaired) electrons. The zero-order valence-electron chi connectivity index (χ0n) is 14.6. The van der Waals surface area contributed by atoms with Crippen molar-refractivity contribution >= 4 is 17.5 Å². The molecule has 1 aromatic rings. The van der Waals surface area contributed by atoms with Gasteiger partial charge in [0, 0.05) is 23.9 Å². The molecule has 0 N–H and O–H groups in total. The number of piperidine rings is 1. The van der Waals surface area contributed by atoms with Gasteiger partial charge in [0.05, 0.1) is 17.1 Å². The van der Waals surface area contributed by atoms with Crippen molar-refractivity contribution in [1.82, 2.24) is 9.47 Å². The van der Waals surface area contributed by atoms with E-state index in [1.54, 1.807) is 0 Å². The van der Waals surface area contributed by atoms with Crippen LogP contribution < -0.4 is 0 Å². The second kappa shape index (κ2) is 5.06. The first-order valence-electron chi connectivity index (χ1n) is 9.22. The Hall–Kier alpha value is -1.87. The van der Waals surface area contributed by atoms with Gasteiger partial charge in [0.25, 0.3) is 0 Å². The van der Waals surface area contributed by atoms with E-state index in [9.17, 15) is 0 Å². The molecule has 0 aromatic carbocycles. The Bertz CT molecular complexity index is 810. The van der Waals surface area contributed by atoms with Crippen molar-refractivity contribution in [1.29, 1.82) is 0 Å². The van der Waals surface area contributed by atoms with E-state index in [1.165, 1.54) is 60.6 Å². The summed E-state index contributed by atoms with van der Waals surface area (Å²) in [5, 5.41) is 0. The summed E-state index contributed by atoms with van der Waals surface area (Å²) in [7, 11) is 2.24. The highest BCUT2D eigenvalue weighted by Gasteiger charge is 2.38. The third-order valence-electron chi connectivity index (χ3n) is 6.33. The number of hydrogen-bond acceptors (Lipinski definition) is 2. The van der Waals surface area contributed by atoms with Gasteiger partial charge in [-0.15, -0.1) is 0 Å². The summed E-state index contributed by atoms with van der Waals surface area (Å²) in [4.78, 5) is 7.39. The monoisotopic (exact) mass is 319 g/mol. The molecule has 3 nitrogen and oxygen atoms in total. The van der Waals surface area contributed by atoms with Crippen molar-refractivity contribution in [3.63, 3.8) is 0 Å². The van der Waals surface area contributed by atoms with Crippen molar-refractivity contribution in [2.75, 3.05) is 20.1 Å². The van der Waals surface area contributed by atoms with Crippen LogP contribution in [0.4, 0.5) is 0 Å². The fraction of sp³-hybridized carbons (Fsp3) is 0.476. The molecule has 124 valence electrons. The second-order valence-electron chi connectivity index (χ2n) is 8.07. The number of rotatable bonds is 0. The van der Waals surface area contributed by atoms with E-state index in [0.717, 1.165) is 6.42 Å². The zero-order valence-corrected chi connectivity index (χ0v) is 14.6. The van der Waals surface area contributed by atoms with Gasteiger partial charge in [-0.1, -0.05) is 19.1 Å². The SMILES string of the molecule is CC1CC=CC2=C1N=CC1=CC3(CCN(C)CC3)Cc3ccn2c31. The molecule has 1 spiro atoms. The molecule has 0 saturated carbocycles. The summed E-state index contributed by atoms with van der Waals surface area (Å²) in [6.07, 6.45) is 16.3. The van der Waals surface area contributed by atoms with Gasteiger partial charge >= 0.3 is 0 Å². The van der Waals surface area contributed by atoms with Crippen LogP contribution in [0.25, 0.3) is 11.3 Å². The smallest absolute Gasteiger partial charge is 0.0674 e. The first kappa shape index (κ1) is 14.5. The minimum absolute atomic E-state index is 0.333. The first-order valence-corrected chi connectivity index (χ1v) is 9.22. The van der Waals surface area contributed by atoms with Crippen molar-refractivity contribution in [2.24, 2.45) is 16.3 Å². The molecule has 2 aliphatic carbocycles. The van der Waals surface area contributed by atoms with Crippen molar-refractivity contribution < 1.29 is 0 Å². The van der Waals surface area contributed by atoms with E-state index in [0.29, 0.717) is 11.3 Å². The van der Waals surface area contributed by atoms with Crippen molar-refractivity contribution in [2.45, 2.75) is 32.6 Å². The number of aromatic nitrogens is 1. The van der Waals surface area contributed by atoms with Gasteiger partial charge in [0.2, 0.25) is 0 Å². The van der Waals surface area contributed by atoms with E-state index in [2.05, 4.69) is 60.1 Å². The summed E-state index contributed by atoms with van der Waals surface area (Å²) in [5.41, 5.74) is 7.06. The van der Waals surface area contributed by atoms with Gasteiger partial charge in [-0.2, -0.15) is 0 Å². The van der Waals surface area contributed by atoms with E-state index < -0.39 is 0 Å². The molecule has 1 atom stereocenters. The molecule has 3 heteroatoms. The zero-order chi connectivity index (χ0) is 16.3. The van der Waals surface area contributed by atoms with Crippen LogP contribution in [-0.4, -0.2) is 35.8 Å². The molecule has 1 saturated heterocycles. The maximum absolute atomic E-state index is 4.94. The number of likely N-dealkylation sites (tertiary alicyclic amines) is 1. The van der Waals surface area contributed by atoms with E-state index in [4.69, 9.17) is 4.99 Å². The maximum Gasteiger partial charge on any atom is 0.0674 e. The lowest BCUT2D eigenvalue weighted by atomic mass is 9.69. The Labute approximate surface area is 144 Å². The number of allylic oxidation sites excluding steroid dienone is 6. The lowest BCUT2D eigenvalue weighted by Crippen LogP contribution is -2.39. The Kier molecular flexibility index (Phi) is 3.05. The minimum Gasteiger partial charge on any atom is -0.314 e.